The maximum Gasteiger partial charge on any atom is 0.180 e. The number of hydrogen-bond donors (Lipinski definition) is 1. The minimum atomic E-state index is -3.26. The van der Waals surface area contributed by atoms with Gasteiger partial charge in [0.25, 0.3) is 0 Å². The molecule has 0 fully saturated rings. The van der Waals surface area contributed by atoms with E-state index in [-0.39, 0.29) is 16.1 Å². The van der Waals surface area contributed by atoms with Gasteiger partial charge in [-0.3, -0.25) is 0 Å². The quantitative estimate of drug-likeness (QED) is 0.854. The van der Waals surface area contributed by atoms with Crippen molar-refractivity contribution < 1.29 is 8.42 Å². The molecule has 0 heterocycles. The van der Waals surface area contributed by atoms with E-state index >= 15 is 0 Å². The first-order valence-corrected chi connectivity index (χ1v) is 7.86. The van der Waals surface area contributed by atoms with Crippen molar-refractivity contribution in [2.45, 2.75) is 45.4 Å². The Kier molecular flexibility index (Phi) is 4.43. The molecule has 2 N–H and O–H groups in total. The highest BCUT2D eigenvalue weighted by atomic mass is 32.2. The van der Waals surface area contributed by atoms with Gasteiger partial charge in [0.1, 0.15) is 0 Å². The minimum Gasteiger partial charge on any atom is -0.397 e. The van der Waals surface area contributed by atoms with E-state index in [1.807, 2.05) is 13.0 Å². The smallest absolute Gasteiger partial charge is 0.180 e. The summed E-state index contributed by atoms with van der Waals surface area (Å²) in [6, 6.07) is 5.15. The molecule has 4 heteroatoms. The summed E-state index contributed by atoms with van der Waals surface area (Å²) in [5, 5.41) is 0. The van der Waals surface area contributed by atoms with Gasteiger partial charge in [0.05, 0.1) is 16.3 Å². The van der Waals surface area contributed by atoms with Crippen molar-refractivity contribution >= 4 is 15.5 Å². The molecule has 102 valence electrons. The highest BCUT2D eigenvalue weighted by Crippen LogP contribution is 2.26. The van der Waals surface area contributed by atoms with Gasteiger partial charge in [-0.15, -0.1) is 0 Å². The normalized spacial score (nSPS) is 12.7. The number of aryl methyl sites for hydroxylation is 1. The molecular formula is C14H23NO2S. The lowest BCUT2D eigenvalue weighted by atomic mass is 9.91. The molecule has 1 aromatic rings. The summed E-state index contributed by atoms with van der Waals surface area (Å²) in [4.78, 5) is 0.274. The summed E-state index contributed by atoms with van der Waals surface area (Å²) in [7, 11) is -3.26. The highest BCUT2D eigenvalue weighted by molar-refractivity contribution is 7.91. The fourth-order valence-electron chi connectivity index (χ4n) is 1.83. The lowest BCUT2D eigenvalue weighted by Crippen LogP contribution is -2.13. The SMILES string of the molecule is Cc1cccc(S(=O)(=O)CCCC(C)(C)C)c1N. The third kappa shape index (κ3) is 4.02. The number of anilines is 1. The predicted octanol–water partition coefficient (Wildman–Crippen LogP) is 3.18. The van der Waals surface area contributed by atoms with E-state index in [4.69, 9.17) is 5.73 Å². The largest absolute Gasteiger partial charge is 0.397 e. The van der Waals surface area contributed by atoms with Crippen LogP contribution in [0, 0.1) is 12.3 Å². The number of nitrogens with two attached hydrogens (primary N) is 1. The van der Waals surface area contributed by atoms with Gasteiger partial charge >= 0.3 is 0 Å². The summed E-state index contributed by atoms with van der Waals surface area (Å²) >= 11 is 0. The standard InChI is InChI=1S/C14H23NO2S/c1-11-7-5-8-12(13(11)15)18(16,17)10-6-9-14(2,3)4/h5,7-8H,6,9-10,15H2,1-4H3. The summed E-state index contributed by atoms with van der Waals surface area (Å²) in [5.41, 5.74) is 7.20. The Morgan fingerprint density at radius 2 is 1.83 bits per heavy atom. The minimum absolute atomic E-state index is 0.160. The van der Waals surface area contributed by atoms with Crippen LogP contribution in [0.5, 0.6) is 0 Å². The van der Waals surface area contributed by atoms with Crippen molar-refractivity contribution in [1.29, 1.82) is 0 Å². The zero-order valence-corrected chi connectivity index (χ0v) is 12.5. The van der Waals surface area contributed by atoms with E-state index in [9.17, 15) is 8.42 Å². The van der Waals surface area contributed by atoms with E-state index in [0.29, 0.717) is 12.1 Å². The average Bonchev–Trinajstić information content (AvgIpc) is 2.19. The van der Waals surface area contributed by atoms with Crippen molar-refractivity contribution in [3.8, 4) is 0 Å². The summed E-state index contributed by atoms with van der Waals surface area (Å²) in [6.07, 6.45) is 1.55. The molecule has 0 aliphatic rings. The fourth-order valence-corrected chi connectivity index (χ4v) is 3.35. The summed E-state index contributed by atoms with van der Waals surface area (Å²) < 4.78 is 24.4. The highest BCUT2D eigenvalue weighted by Gasteiger charge is 2.19. The van der Waals surface area contributed by atoms with Crippen LogP contribution in [-0.2, 0) is 9.84 Å². The Labute approximate surface area is 110 Å². The number of rotatable bonds is 4. The molecule has 0 saturated carbocycles. The third-order valence-electron chi connectivity index (χ3n) is 2.96. The van der Waals surface area contributed by atoms with Crippen LogP contribution in [0.2, 0.25) is 0 Å². The van der Waals surface area contributed by atoms with E-state index < -0.39 is 9.84 Å². The van der Waals surface area contributed by atoms with Crippen molar-refractivity contribution in [1.82, 2.24) is 0 Å². The second kappa shape index (κ2) is 5.31. The molecule has 0 unspecified atom stereocenters. The van der Waals surface area contributed by atoms with Gasteiger partial charge in [0.15, 0.2) is 9.84 Å². The third-order valence-corrected chi connectivity index (χ3v) is 4.81. The number of para-hydroxylation sites is 1. The molecule has 1 rings (SSSR count). The summed E-state index contributed by atoms with van der Waals surface area (Å²) in [6.45, 7) is 8.16. The molecular weight excluding hydrogens is 246 g/mol. The van der Waals surface area contributed by atoms with Gasteiger partial charge < -0.3 is 5.73 Å². The monoisotopic (exact) mass is 269 g/mol. The lowest BCUT2D eigenvalue weighted by Gasteiger charge is -2.17. The Morgan fingerprint density at radius 1 is 1.22 bits per heavy atom. The number of hydrogen-bond acceptors (Lipinski definition) is 3. The number of benzene rings is 1. The van der Waals surface area contributed by atoms with E-state index in [1.165, 1.54) is 0 Å². The van der Waals surface area contributed by atoms with Crippen LogP contribution in [0.4, 0.5) is 5.69 Å². The van der Waals surface area contributed by atoms with Gasteiger partial charge in [-0.25, -0.2) is 8.42 Å². The van der Waals surface area contributed by atoms with Crippen molar-refractivity contribution in [2.24, 2.45) is 5.41 Å². The number of sulfone groups is 1. The predicted molar refractivity (Wildman–Crippen MR) is 76.3 cm³/mol. The zero-order valence-electron chi connectivity index (χ0n) is 11.7. The molecule has 0 spiro atoms. The van der Waals surface area contributed by atoms with Gasteiger partial charge in [-0.2, -0.15) is 0 Å². The first-order chi connectivity index (χ1) is 8.13. The Morgan fingerprint density at radius 3 is 2.39 bits per heavy atom. The topological polar surface area (TPSA) is 60.2 Å². The molecule has 0 atom stereocenters. The first-order valence-electron chi connectivity index (χ1n) is 6.21. The van der Waals surface area contributed by atoms with Gasteiger partial charge in [0.2, 0.25) is 0 Å². The van der Waals surface area contributed by atoms with Crippen molar-refractivity contribution in [3.05, 3.63) is 23.8 Å². The zero-order chi connectivity index (χ0) is 14.0. The van der Waals surface area contributed by atoms with Crippen LogP contribution < -0.4 is 5.73 Å². The molecule has 0 aromatic heterocycles. The van der Waals surface area contributed by atoms with Gasteiger partial charge in [-0.1, -0.05) is 32.9 Å². The van der Waals surface area contributed by atoms with Crippen LogP contribution in [-0.4, -0.2) is 14.2 Å². The van der Waals surface area contributed by atoms with E-state index in [0.717, 1.165) is 12.0 Å². The molecule has 18 heavy (non-hydrogen) atoms. The Bertz CT molecular complexity index is 513. The summed E-state index contributed by atoms with van der Waals surface area (Å²) in [5.74, 6) is 0.165. The van der Waals surface area contributed by atoms with E-state index in [1.54, 1.807) is 12.1 Å². The molecule has 0 amide bonds. The van der Waals surface area contributed by atoms with Crippen molar-refractivity contribution in [3.63, 3.8) is 0 Å². The van der Waals surface area contributed by atoms with Crippen LogP contribution in [0.15, 0.2) is 23.1 Å². The Hall–Kier alpha value is -1.03. The Balaban J connectivity index is 2.84. The number of nitrogen functional groups attached to an aromatic ring is 1. The van der Waals surface area contributed by atoms with E-state index in [2.05, 4.69) is 20.8 Å². The average molecular weight is 269 g/mol. The van der Waals surface area contributed by atoms with Crippen LogP contribution in [0.25, 0.3) is 0 Å². The van der Waals surface area contributed by atoms with Crippen LogP contribution in [0.1, 0.15) is 39.2 Å². The maximum atomic E-state index is 12.2. The van der Waals surface area contributed by atoms with Gasteiger partial charge in [-0.05, 0) is 36.8 Å². The fraction of sp³-hybridized carbons (Fsp3) is 0.571. The molecule has 3 nitrogen and oxygen atoms in total. The van der Waals surface area contributed by atoms with Crippen molar-refractivity contribution in [2.75, 3.05) is 11.5 Å². The van der Waals surface area contributed by atoms with Crippen LogP contribution in [0.3, 0.4) is 0 Å². The molecule has 0 aliphatic carbocycles. The van der Waals surface area contributed by atoms with Crippen LogP contribution >= 0.6 is 0 Å². The van der Waals surface area contributed by atoms with Gasteiger partial charge in [0, 0.05) is 0 Å². The first kappa shape index (κ1) is 15.0. The maximum absolute atomic E-state index is 12.2. The molecule has 0 radical (unpaired) electrons. The molecule has 1 aromatic carbocycles. The molecule has 0 aliphatic heterocycles. The lowest BCUT2D eigenvalue weighted by molar-refractivity contribution is 0.373. The molecule has 0 saturated heterocycles. The second-order valence-corrected chi connectivity index (χ2v) is 8.05. The second-order valence-electron chi connectivity index (χ2n) is 5.97. The molecule has 0 bridgehead atoms.